The summed E-state index contributed by atoms with van der Waals surface area (Å²) in [5.41, 5.74) is 0.550. The van der Waals surface area contributed by atoms with Gasteiger partial charge in [0.05, 0.1) is 10.6 Å². The van der Waals surface area contributed by atoms with Crippen molar-refractivity contribution in [3.63, 3.8) is 0 Å². The molecule has 0 heterocycles. The van der Waals surface area contributed by atoms with Gasteiger partial charge in [0, 0.05) is 22.4 Å². The first kappa shape index (κ1) is 16.0. The molecule has 18 heavy (non-hydrogen) atoms. The van der Waals surface area contributed by atoms with Gasteiger partial charge in [-0.1, -0.05) is 33.6 Å². The molecular formula is C13H16Br2ClNO. The van der Waals surface area contributed by atoms with Gasteiger partial charge in [0.15, 0.2) is 0 Å². The van der Waals surface area contributed by atoms with Gasteiger partial charge in [-0.15, -0.1) is 0 Å². The number of carbonyl (C=O) groups is 1. The van der Waals surface area contributed by atoms with Crippen LogP contribution in [-0.4, -0.2) is 28.7 Å². The molecule has 1 aromatic carbocycles. The van der Waals surface area contributed by atoms with E-state index in [-0.39, 0.29) is 11.9 Å². The number of hydrogen-bond acceptors (Lipinski definition) is 1. The van der Waals surface area contributed by atoms with Crippen LogP contribution in [0.2, 0.25) is 5.02 Å². The lowest BCUT2D eigenvalue weighted by Gasteiger charge is -2.27. The fourth-order valence-electron chi connectivity index (χ4n) is 1.65. The standard InChI is InChI=1S/C13H16Br2ClNO/c1-9(2)17(8-4-7-14)13(18)10-5-3-6-11(15)12(10)16/h3,5-6,9H,4,7-8H2,1-2H3. The van der Waals surface area contributed by atoms with E-state index in [0.717, 1.165) is 22.8 Å². The summed E-state index contributed by atoms with van der Waals surface area (Å²) in [6, 6.07) is 5.58. The fourth-order valence-corrected chi connectivity index (χ4v) is 2.47. The highest BCUT2D eigenvalue weighted by Crippen LogP contribution is 2.27. The van der Waals surface area contributed by atoms with Gasteiger partial charge in [0.25, 0.3) is 5.91 Å². The average molecular weight is 398 g/mol. The van der Waals surface area contributed by atoms with Crippen molar-refractivity contribution in [3.05, 3.63) is 33.3 Å². The molecule has 5 heteroatoms. The van der Waals surface area contributed by atoms with Crippen LogP contribution in [0.1, 0.15) is 30.6 Å². The molecule has 0 aliphatic heterocycles. The highest BCUT2D eigenvalue weighted by Gasteiger charge is 2.21. The molecule has 0 spiro atoms. The summed E-state index contributed by atoms with van der Waals surface area (Å²) in [4.78, 5) is 14.3. The molecule has 0 saturated heterocycles. The Morgan fingerprint density at radius 3 is 2.67 bits per heavy atom. The smallest absolute Gasteiger partial charge is 0.255 e. The maximum Gasteiger partial charge on any atom is 0.255 e. The number of halogens is 3. The molecule has 0 saturated carbocycles. The average Bonchev–Trinajstić information content (AvgIpc) is 2.32. The molecule has 0 radical (unpaired) electrons. The minimum atomic E-state index is -0.0164. The number of hydrogen-bond donors (Lipinski definition) is 0. The summed E-state index contributed by atoms with van der Waals surface area (Å²) in [6.45, 7) is 4.75. The van der Waals surface area contributed by atoms with Crippen molar-refractivity contribution >= 4 is 49.4 Å². The SMILES string of the molecule is CC(C)N(CCCBr)C(=O)c1cccc(Br)c1Cl. The molecule has 0 fully saturated rings. The first-order chi connectivity index (χ1) is 8.49. The van der Waals surface area contributed by atoms with Gasteiger partial charge >= 0.3 is 0 Å². The molecule has 0 N–H and O–H groups in total. The predicted octanol–water partition coefficient (Wildman–Crippen LogP) is 4.74. The van der Waals surface area contributed by atoms with Crippen LogP contribution in [-0.2, 0) is 0 Å². The largest absolute Gasteiger partial charge is 0.336 e. The second-order valence-electron chi connectivity index (χ2n) is 4.24. The normalized spacial score (nSPS) is 10.8. The number of amides is 1. The Morgan fingerprint density at radius 1 is 1.44 bits per heavy atom. The fraction of sp³-hybridized carbons (Fsp3) is 0.462. The topological polar surface area (TPSA) is 20.3 Å². The highest BCUT2D eigenvalue weighted by atomic mass is 79.9. The zero-order valence-electron chi connectivity index (χ0n) is 10.4. The van der Waals surface area contributed by atoms with E-state index in [0.29, 0.717) is 10.6 Å². The molecule has 1 amide bonds. The van der Waals surface area contributed by atoms with E-state index >= 15 is 0 Å². The monoisotopic (exact) mass is 395 g/mol. The van der Waals surface area contributed by atoms with Gasteiger partial charge < -0.3 is 4.90 Å². The molecule has 0 atom stereocenters. The molecule has 100 valence electrons. The predicted molar refractivity (Wildman–Crippen MR) is 83.7 cm³/mol. The van der Waals surface area contributed by atoms with Crippen molar-refractivity contribution < 1.29 is 4.79 Å². The third-order valence-corrected chi connectivity index (χ3v) is 4.46. The van der Waals surface area contributed by atoms with Crippen LogP contribution < -0.4 is 0 Å². The van der Waals surface area contributed by atoms with Crippen molar-refractivity contribution in [2.75, 3.05) is 11.9 Å². The number of benzene rings is 1. The summed E-state index contributed by atoms with van der Waals surface area (Å²) in [5, 5.41) is 1.36. The van der Waals surface area contributed by atoms with E-state index < -0.39 is 0 Å². The quantitative estimate of drug-likeness (QED) is 0.658. The minimum absolute atomic E-state index is 0.0164. The van der Waals surface area contributed by atoms with Gasteiger partial charge in [0.1, 0.15) is 0 Å². The summed E-state index contributed by atoms with van der Waals surface area (Å²) < 4.78 is 0.749. The van der Waals surface area contributed by atoms with Gasteiger partial charge in [0.2, 0.25) is 0 Å². The van der Waals surface area contributed by atoms with Crippen LogP contribution in [0, 0.1) is 0 Å². The van der Waals surface area contributed by atoms with Crippen LogP contribution in [0.3, 0.4) is 0 Å². The van der Waals surface area contributed by atoms with Crippen LogP contribution >= 0.6 is 43.5 Å². The molecular weight excluding hydrogens is 381 g/mol. The van der Waals surface area contributed by atoms with Gasteiger partial charge in [-0.3, -0.25) is 4.79 Å². The molecule has 1 aromatic rings. The van der Waals surface area contributed by atoms with Gasteiger partial charge in [-0.05, 0) is 48.3 Å². The number of rotatable bonds is 5. The lowest BCUT2D eigenvalue weighted by Crippen LogP contribution is -2.38. The molecule has 0 bridgehead atoms. The number of nitrogens with zero attached hydrogens (tertiary/aromatic N) is 1. The van der Waals surface area contributed by atoms with E-state index in [9.17, 15) is 4.79 Å². The molecule has 0 aromatic heterocycles. The Morgan fingerprint density at radius 2 is 2.11 bits per heavy atom. The Kier molecular flexibility index (Phi) is 6.67. The summed E-state index contributed by atoms with van der Waals surface area (Å²) in [7, 11) is 0. The first-order valence-electron chi connectivity index (χ1n) is 5.80. The number of carbonyl (C=O) groups excluding carboxylic acids is 1. The Hall–Kier alpha value is -0.0600. The zero-order valence-corrected chi connectivity index (χ0v) is 14.3. The van der Waals surface area contributed by atoms with E-state index in [1.165, 1.54) is 0 Å². The molecule has 0 aliphatic rings. The minimum Gasteiger partial charge on any atom is -0.336 e. The molecule has 0 unspecified atom stereocenters. The highest BCUT2D eigenvalue weighted by molar-refractivity contribution is 9.10. The van der Waals surface area contributed by atoms with Crippen LogP contribution in [0.15, 0.2) is 22.7 Å². The second-order valence-corrected chi connectivity index (χ2v) is 6.26. The summed E-state index contributed by atoms with van der Waals surface area (Å²) >= 11 is 12.9. The summed E-state index contributed by atoms with van der Waals surface area (Å²) in [6.07, 6.45) is 0.926. The van der Waals surface area contributed by atoms with Crippen molar-refractivity contribution in [2.45, 2.75) is 26.3 Å². The van der Waals surface area contributed by atoms with Gasteiger partial charge in [-0.25, -0.2) is 0 Å². The Balaban J connectivity index is 2.98. The van der Waals surface area contributed by atoms with Crippen molar-refractivity contribution in [1.82, 2.24) is 4.90 Å². The maximum absolute atomic E-state index is 12.5. The molecule has 1 rings (SSSR count). The second kappa shape index (κ2) is 7.51. The van der Waals surface area contributed by atoms with Crippen LogP contribution in [0.5, 0.6) is 0 Å². The van der Waals surface area contributed by atoms with Crippen molar-refractivity contribution in [2.24, 2.45) is 0 Å². The Labute approximate surface area is 130 Å². The van der Waals surface area contributed by atoms with Crippen molar-refractivity contribution in [3.8, 4) is 0 Å². The third kappa shape index (κ3) is 3.97. The Bertz CT molecular complexity index is 423. The third-order valence-electron chi connectivity index (χ3n) is 2.60. The van der Waals surface area contributed by atoms with Gasteiger partial charge in [-0.2, -0.15) is 0 Å². The van der Waals surface area contributed by atoms with E-state index in [2.05, 4.69) is 31.9 Å². The van der Waals surface area contributed by atoms with E-state index in [4.69, 9.17) is 11.6 Å². The van der Waals surface area contributed by atoms with Crippen LogP contribution in [0.4, 0.5) is 0 Å². The lowest BCUT2D eigenvalue weighted by molar-refractivity contribution is 0.0707. The zero-order chi connectivity index (χ0) is 13.7. The van der Waals surface area contributed by atoms with Crippen LogP contribution in [0.25, 0.3) is 0 Å². The molecule has 2 nitrogen and oxygen atoms in total. The summed E-state index contributed by atoms with van der Waals surface area (Å²) in [5.74, 6) is -0.0164. The number of alkyl halides is 1. The lowest BCUT2D eigenvalue weighted by atomic mass is 10.1. The van der Waals surface area contributed by atoms with E-state index in [1.807, 2.05) is 30.9 Å². The molecule has 0 aliphatic carbocycles. The first-order valence-corrected chi connectivity index (χ1v) is 8.09. The van der Waals surface area contributed by atoms with Crippen molar-refractivity contribution in [1.29, 1.82) is 0 Å². The van der Waals surface area contributed by atoms with E-state index in [1.54, 1.807) is 6.07 Å². The maximum atomic E-state index is 12.5.